The fourth-order valence-corrected chi connectivity index (χ4v) is 6.44. The van der Waals surface area contributed by atoms with Crippen molar-refractivity contribution in [2.45, 2.75) is 89.3 Å². The first-order valence-electron chi connectivity index (χ1n) is 10.8. The summed E-state index contributed by atoms with van der Waals surface area (Å²) in [7, 11) is 0. The van der Waals surface area contributed by atoms with Crippen LogP contribution in [-0.2, 0) is 30.1 Å². The molecule has 0 amide bonds. The number of ether oxygens (including phenoxy) is 2. The summed E-state index contributed by atoms with van der Waals surface area (Å²) in [5.41, 5.74) is -0.113. The minimum atomic E-state index is -0.960. The molecule has 2 aliphatic heterocycles. The molecule has 2 saturated heterocycles. The largest absolute Gasteiger partial charge is 0.456 e. The van der Waals surface area contributed by atoms with Gasteiger partial charge in [0.1, 0.15) is 10.8 Å². The number of carbonyl (C=O) groups is 2. The second-order valence-corrected chi connectivity index (χ2v) is 10.4. The predicted octanol–water partition coefficient (Wildman–Crippen LogP) is 4.78. The number of carbonyl (C=O) groups excluding carboxylic acids is 2. The van der Waals surface area contributed by atoms with Crippen molar-refractivity contribution in [2.75, 3.05) is 0 Å². The molecule has 4 heteroatoms. The highest BCUT2D eigenvalue weighted by Crippen LogP contribution is 2.69. The van der Waals surface area contributed by atoms with Crippen molar-refractivity contribution in [2.24, 2.45) is 10.8 Å². The third-order valence-electron chi connectivity index (χ3n) is 7.99. The van der Waals surface area contributed by atoms with Crippen LogP contribution >= 0.6 is 0 Å². The lowest BCUT2D eigenvalue weighted by Gasteiger charge is -2.39. The fourth-order valence-electron chi connectivity index (χ4n) is 6.44. The maximum Gasteiger partial charge on any atom is 0.317 e. The molecule has 0 aromatic heterocycles. The lowest BCUT2D eigenvalue weighted by atomic mass is 9.62. The molecule has 5 rings (SSSR count). The Morgan fingerprint density at radius 1 is 0.857 bits per heavy atom. The maximum absolute atomic E-state index is 13.2. The zero-order valence-corrected chi connectivity index (χ0v) is 17.2. The van der Waals surface area contributed by atoms with Gasteiger partial charge in [0.25, 0.3) is 0 Å². The Bertz CT molecular complexity index is 817. The molecule has 0 N–H and O–H groups in total. The van der Waals surface area contributed by atoms with Crippen molar-refractivity contribution in [3.05, 3.63) is 35.4 Å². The second-order valence-electron chi connectivity index (χ2n) is 10.4. The molecule has 0 bridgehead atoms. The SMILES string of the molecule is CC(C)(C)c1ccc([C@@]23OC(=O)C4(CCCC4)[C@H]2OC(=O)C32CCCC2)cc1. The average molecular weight is 383 g/mol. The average Bonchev–Trinajstić information content (AvgIpc) is 3.41. The lowest BCUT2D eigenvalue weighted by Crippen LogP contribution is -2.49. The molecule has 2 aliphatic carbocycles. The van der Waals surface area contributed by atoms with Crippen molar-refractivity contribution in [1.29, 1.82) is 0 Å². The van der Waals surface area contributed by atoms with Crippen molar-refractivity contribution in [3.63, 3.8) is 0 Å². The van der Waals surface area contributed by atoms with E-state index in [4.69, 9.17) is 9.47 Å². The maximum atomic E-state index is 13.2. The Kier molecular flexibility index (Phi) is 3.65. The van der Waals surface area contributed by atoms with Crippen LogP contribution in [0.1, 0.15) is 83.3 Å². The van der Waals surface area contributed by atoms with Crippen molar-refractivity contribution in [3.8, 4) is 0 Å². The lowest BCUT2D eigenvalue weighted by molar-refractivity contribution is -0.169. The number of hydrogen-bond acceptors (Lipinski definition) is 4. The first-order chi connectivity index (χ1) is 13.3. The van der Waals surface area contributed by atoms with Gasteiger partial charge in [-0.1, -0.05) is 70.7 Å². The summed E-state index contributed by atoms with van der Waals surface area (Å²) in [6, 6.07) is 8.41. The summed E-state index contributed by atoms with van der Waals surface area (Å²) in [6.07, 6.45) is 6.48. The zero-order valence-electron chi connectivity index (χ0n) is 17.2. The Balaban J connectivity index is 1.70. The highest BCUT2D eigenvalue weighted by molar-refractivity contribution is 5.90. The van der Waals surface area contributed by atoms with Gasteiger partial charge in [-0.15, -0.1) is 0 Å². The highest BCUT2D eigenvalue weighted by atomic mass is 16.6. The topological polar surface area (TPSA) is 52.6 Å². The van der Waals surface area contributed by atoms with Crippen LogP contribution in [0.2, 0.25) is 0 Å². The van der Waals surface area contributed by atoms with E-state index in [0.717, 1.165) is 56.9 Å². The van der Waals surface area contributed by atoms with Gasteiger partial charge in [-0.3, -0.25) is 9.59 Å². The van der Waals surface area contributed by atoms with Gasteiger partial charge in [0.05, 0.1) is 0 Å². The van der Waals surface area contributed by atoms with Crippen LogP contribution in [0.25, 0.3) is 0 Å². The van der Waals surface area contributed by atoms with E-state index in [0.29, 0.717) is 0 Å². The Morgan fingerprint density at radius 2 is 1.43 bits per heavy atom. The van der Waals surface area contributed by atoms with Crippen molar-refractivity contribution >= 4 is 11.9 Å². The van der Waals surface area contributed by atoms with Gasteiger partial charge in [0, 0.05) is 5.56 Å². The number of fused-ring (bicyclic) bond motifs is 3. The van der Waals surface area contributed by atoms with Crippen molar-refractivity contribution in [1.82, 2.24) is 0 Å². The van der Waals surface area contributed by atoms with E-state index in [1.807, 2.05) is 0 Å². The van der Waals surface area contributed by atoms with Gasteiger partial charge >= 0.3 is 11.9 Å². The van der Waals surface area contributed by atoms with Gasteiger partial charge < -0.3 is 9.47 Å². The molecule has 4 aliphatic rings. The molecule has 2 atom stereocenters. The first-order valence-corrected chi connectivity index (χ1v) is 10.8. The summed E-state index contributed by atoms with van der Waals surface area (Å²) < 4.78 is 12.4. The van der Waals surface area contributed by atoms with E-state index < -0.39 is 22.5 Å². The zero-order chi connectivity index (χ0) is 19.8. The number of benzene rings is 1. The van der Waals surface area contributed by atoms with Crippen LogP contribution in [0.15, 0.2) is 24.3 Å². The smallest absolute Gasteiger partial charge is 0.317 e. The van der Waals surface area contributed by atoms with Crippen molar-refractivity contribution < 1.29 is 19.1 Å². The monoisotopic (exact) mass is 382 g/mol. The third-order valence-corrected chi connectivity index (χ3v) is 7.99. The van der Waals surface area contributed by atoms with E-state index in [-0.39, 0.29) is 17.4 Å². The minimum Gasteiger partial charge on any atom is -0.456 e. The number of rotatable bonds is 1. The number of hydrogen-bond donors (Lipinski definition) is 0. The van der Waals surface area contributed by atoms with Gasteiger partial charge in [-0.2, -0.15) is 0 Å². The summed E-state index contributed by atoms with van der Waals surface area (Å²) in [5.74, 6) is -0.289. The molecule has 28 heavy (non-hydrogen) atoms. The number of esters is 2. The van der Waals surface area contributed by atoms with Crippen LogP contribution in [0.5, 0.6) is 0 Å². The van der Waals surface area contributed by atoms with Gasteiger partial charge in [-0.05, 0) is 36.7 Å². The van der Waals surface area contributed by atoms with Gasteiger partial charge in [-0.25, -0.2) is 0 Å². The van der Waals surface area contributed by atoms with E-state index in [1.54, 1.807) is 0 Å². The Hall–Kier alpha value is -1.84. The predicted molar refractivity (Wildman–Crippen MR) is 105 cm³/mol. The van der Waals surface area contributed by atoms with Gasteiger partial charge in [0.2, 0.25) is 0 Å². The molecular formula is C24H30O4. The highest BCUT2D eigenvalue weighted by Gasteiger charge is 2.81. The molecule has 1 aromatic carbocycles. The van der Waals surface area contributed by atoms with Crippen LogP contribution in [-0.4, -0.2) is 18.0 Å². The molecule has 2 spiro atoms. The van der Waals surface area contributed by atoms with Crippen LogP contribution in [0.4, 0.5) is 0 Å². The van der Waals surface area contributed by atoms with Crippen LogP contribution in [0.3, 0.4) is 0 Å². The summed E-state index contributed by atoms with van der Waals surface area (Å²) in [6.45, 7) is 6.56. The van der Waals surface area contributed by atoms with Gasteiger partial charge in [0.15, 0.2) is 11.7 Å². The molecular weight excluding hydrogens is 352 g/mol. The van der Waals surface area contributed by atoms with E-state index in [2.05, 4.69) is 45.0 Å². The van der Waals surface area contributed by atoms with Crippen LogP contribution in [0, 0.1) is 10.8 Å². The minimum absolute atomic E-state index is 0.0433. The normalized spacial score (nSPS) is 32.8. The molecule has 4 fully saturated rings. The van der Waals surface area contributed by atoms with Crippen LogP contribution < -0.4 is 0 Å². The standard InChI is InChI=1S/C24H30O4/c1-21(2,3)16-8-10-17(11-9-16)24-18(22(19(25)28-24)12-4-5-13-22)27-20(26)23(24)14-6-7-15-23/h8-11,18H,4-7,12-15H2,1-3H3/t18-,24-/m1/s1. The molecule has 1 aromatic rings. The molecule has 150 valence electrons. The molecule has 0 radical (unpaired) electrons. The Morgan fingerprint density at radius 3 is 2.00 bits per heavy atom. The second kappa shape index (κ2) is 5.61. The molecule has 2 saturated carbocycles. The quantitative estimate of drug-likeness (QED) is 0.656. The summed E-state index contributed by atoms with van der Waals surface area (Å²) in [5, 5.41) is 0. The molecule has 4 nitrogen and oxygen atoms in total. The summed E-state index contributed by atoms with van der Waals surface area (Å²) in [4.78, 5) is 26.5. The van der Waals surface area contributed by atoms with E-state index in [9.17, 15) is 9.59 Å². The summed E-state index contributed by atoms with van der Waals surface area (Å²) >= 11 is 0. The van der Waals surface area contributed by atoms with E-state index >= 15 is 0 Å². The molecule has 2 heterocycles. The third kappa shape index (κ3) is 2.02. The Labute approximate surface area is 167 Å². The van der Waals surface area contributed by atoms with E-state index in [1.165, 1.54) is 5.56 Å². The first kappa shape index (κ1) is 18.2. The fraction of sp³-hybridized carbons (Fsp3) is 0.667. The molecule has 0 unspecified atom stereocenters.